The van der Waals surface area contributed by atoms with E-state index in [1.54, 1.807) is 6.07 Å². The molecule has 1 N–H and O–H groups in total. The maximum Gasteiger partial charge on any atom is 0.124 e. The molecule has 1 aliphatic heterocycles. The van der Waals surface area contributed by atoms with Crippen LogP contribution in [-0.2, 0) is 4.74 Å². The zero-order valence-electron chi connectivity index (χ0n) is 9.17. The molecule has 2 atom stereocenters. The van der Waals surface area contributed by atoms with Crippen molar-refractivity contribution in [2.24, 2.45) is 0 Å². The Morgan fingerprint density at radius 3 is 2.94 bits per heavy atom. The quantitative estimate of drug-likeness (QED) is 0.903. The van der Waals surface area contributed by atoms with E-state index in [1.807, 2.05) is 0 Å². The minimum atomic E-state index is -0.231. The number of rotatable bonds is 2. The van der Waals surface area contributed by atoms with Gasteiger partial charge in [0.2, 0.25) is 0 Å². The van der Waals surface area contributed by atoms with Crippen LogP contribution < -0.4 is 5.32 Å². The first kappa shape index (κ1) is 12.0. The van der Waals surface area contributed by atoms with E-state index in [1.165, 1.54) is 12.1 Å². The second-order valence-electron chi connectivity index (χ2n) is 4.00. The average Bonchev–Trinajstić information content (AvgIpc) is 2.29. The highest BCUT2D eigenvalue weighted by Crippen LogP contribution is 2.28. The molecule has 0 aliphatic carbocycles. The Bertz CT molecular complexity index is 364. The predicted molar refractivity (Wildman–Crippen MR) is 64.9 cm³/mol. The van der Waals surface area contributed by atoms with Crippen LogP contribution in [0.1, 0.15) is 25.0 Å². The molecule has 16 heavy (non-hydrogen) atoms. The molecular weight excluding hydrogens is 273 g/mol. The van der Waals surface area contributed by atoms with Gasteiger partial charge in [-0.1, -0.05) is 28.9 Å². The van der Waals surface area contributed by atoms with Crippen LogP contribution in [0, 0.1) is 5.82 Å². The van der Waals surface area contributed by atoms with E-state index in [9.17, 15) is 4.39 Å². The molecule has 0 spiro atoms. The zero-order valence-corrected chi connectivity index (χ0v) is 10.8. The molecule has 1 aromatic carbocycles. The van der Waals surface area contributed by atoms with Crippen molar-refractivity contribution in [2.75, 3.05) is 13.2 Å². The van der Waals surface area contributed by atoms with Gasteiger partial charge in [-0.3, -0.25) is 0 Å². The fraction of sp³-hybridized carbons (Fsp3) is 0.500. The third-order valence-electron chi connectivity index (χ3n) is 2.89. The highest BCUT2D eigenvalue weighted by atomic mass is 79.9. The van der Waals surface area contributed by atoms with Crippen molar-refractivity contribution in [1.29, 1.82) is 0 Å². The van der Waals surface area contributed by atoms with Crippen LogP contribution in [0.2, 0.25) is 0 Å². The Morgan fingerprint density at radius 1 is 1.56 bits per heavy atom. The van der Waals surface area contributed by atoms with E-state index in [2.05, 4.69) is 28.2 Å². The minimum Gasteiger partial charge on any atom is -0.371 e. The largest absolute Gasteiger partial charge is 0.371 e. The topological polar surface area (TPSA) is 21.3 Å². The fourth-order valence-corrected chi connectivity index (χ4v) is 2.45. The van der Waals surface area contributed by atoms with Crippen molar-refractivity contribution in [3.05, 3.63) is 34.1 Å². The molecule has 1 fully saturated rings. The van der Waals surface area contributed by atoms with Crippen molar-refractivity contribution in [2.45, 2.75) is 25.5 Å². The Hall–Kier alpha value is -0.450. The number of nitrogens with one attached hydrogen (secondary N) is 1. The summed E-state index contributed by atoms with van der Waals surface area (Å²) in [6, 6.07) is 5.16. The van der Waals surface area contributed by atoms with E-state index >= 15 is 0 Å². The lowest BCUT2D eigenvalue weighted by Crippen LogP contribution is -2.42. The summed E-state index contributed by atoms with van der Waals surface area (Å²) in [5, 5.41) is 3.42. The second-order valence-corrected chi connectivity index (χ2v) is 4.86. The first-order valence-electron chi connectivity index (χ1n) is 5.50. The van der Waals surface area contributed by atoms with Gasteiger partial charge in [-0.2, -0.15) is 0 Å². The first-order valence-corrected chi connectivity index (χ1v) is 6.30. The van der Waals surface area contributed by atoms with Crippen molar-refractivity contribution < 1.29 is 9.13 Å². The molecule has 1 heterocycles. The van der Waals surface area contributed by atoms with Gasteiger partial charge in [0.25, 0.3) is 0 Å². The maximum atomic E-state index is 12.9. The van der Waals surface area contributed by atoms with Gasteiger partial charge >= 0.3 is 0 Å². The molecule has 1 aliphatic rings. The van der Waals surface area contributed by atoms with Gasteiger partial charge in [0, 0.05) is 17.1 Å². The summed E-state index contributed by atoms with van der Waals surface area (Å²) in [4.78, 5) is 0. The Morgan fingerprint density at radius 2 is 2.38 bits per heavy atom. The standard InChI is InChI=1S/C12H15BrFNO/c1-2-9-7-16-12(6-15-9)10-4-3-8(14)5-11(10)13/h3-5,9,12,15H,2,6-7H2,1H3. The summed E-state index contributed by atoms with van der Waals surface area (Å²) >= 11 is 3.37. The second kappa shape index (κ2) is 5.25. The smallest absolute Gasteiger partial charge is 0.124 e. The number of ether oxygens (including phenoxy) is 1. The average molecular weight is 288 g/mol. The molecule has 0 amide bonds. The molecule has 0 saturated carbocycles. The molecule has 0 bridgehead atoms. The monoisotopic (exact) mass is 287 g/mol. The van der Waals surface area contributed by atoms with E-state index < -0.39 is 0 Å². The lowest BCUT2D eigenvalue weighted by molar-refractivity contribution is 0.00181. The van der Waals surface area contributed by atoms with Crippen LogP contribution in [0.5, 0.6) is 0 Å². The molecule has 0 aromatic heterocycles. The summed E-state index contributed by atoms with van der Waals surface area (Å²) in [6.07, 6.45) is 1.08. The zero-order chi connectivity index (χ0) is 11.5. The van der Waals surface area contributed by atoms with Crippen molar-refractivity contribution in [1.82, 2.24) is 5.32 Å². The van der Waals surface area contributed by atoms with Crippen LogP contribution in [0.4, 0.5) is 4.39 Å². The van der Waals surface area contributed by atoms with E-state index in [-0.39, 0.29) is 11.9 Å². The predicted octanol–water partition coefficient (Wildman–Crippen LogP) is 3.03. The molecule has 0 radical (unpaired) electrons. The van der Waals surface area contributed by atoms with Crippen LogP contribution in [-0.4, -0.2) is 19.2 Å². The third kappa shape index (κ3) is 2.62. The number of hydrogen-bond acceptors (Lipinski definition) is 2. The van der Waals surface area contributed by atoms with Crippen LogP contribution in [0.15, 0.2) is 22.7 Å². The van der Waals surface area contributed by atoms with Gasteiger partial charge in [-0.15, -0.1) is 0 Å². The number of morpholine rings is 1. The minimum absolute atomic E-state index is 0.0118. The molecule has 2 unspecified atom stereocenters. The molecular formula is C12H15BrFNO. The lowest BCUT2D eigenvalue weighted by atomic mass is 10.1. The van der Waals surface area contributed by atoms with E-state index in [0.29, 0.717) is 12.6 Å². The van der Waals surface area contributed by atoms with Crippen LogP contribution >= 0.6 is 15.9 Å². The molecule has 1 saturated heterocycles. The normalized spacial score (nSPS) is 25.7. The van der Waals surface area contributed by atoms with Gasteiger partial charge in [-0.25, -0.2) is 4.39 Å². The third-order valence-corrected chi connectivity index (χ3v) is 3.58. The Balaban J connectivity index is 2.08. The summed E-state index contributed by atoms with van der Waals surface area (Å²) in [7, 11) is 0. The highest BCUT2D eigenvalue weighted by Gasteiger charge is 2.22. The molecule has 2 nitrogen and oxygen atoms in total. The van der Waals surface area contributed by atoms with Gasteiger partial charge in [0.15, 0.2) is 0 Å². The molecule has 88 valence electrons. The number of hydrogen-bond donors (Lipinski definition) is 1. The summed E-state index contributed by atoms with van der Waals surface area (Å²) in [5.74, 6) is -0.231. The maximum absolute atomic E-state index is 12.9. The summed E-state index contributed by atoms with van der Waals surface area (Å²) in [6.45, 7) is 3.63. The summed E-state index contributed by atoms with van der Waals surface area (Å²) in [5.41, 5.74) is 1.00. The molecule has 1 aromatic rings. The summed E-state index contributed by atoms with van der Waals surface area (Å²) < 4.78 is 19.5. The lowest BCUT2D eigenvalue weighted by Gasteiger charge is -2.30. The van der Waals surface area contributed by atoms with Gasteiger partial charge in [-0.05, 0) is 24.1 Å². The number of benzene rings is 1. The van der Waals surface area contributed by atoms with Crippen molar-refractivity contribution >= 4 is 15.9 Å². The van der Waals surface area contributed by atoms with Gasteiger partial charge < -0.3 is 10.1 Å². The molecule has 4 heteroatoms. The Labute approximate surface area is 103 Å². The van der Waals surface area contributed by atoms with E-state index in [0.717, 1.165) is 23.0 Å². The van der Waals surface area contributed by atoms with Gasteiger partial charge in [0.05, 0.1) is 12.7 Å². The van der Waals surface area contributed by atoms with E-state index in [4.69, 9.17) is 4.74 Å². The fourth-order valence-electron chi connectivity index (χ4n) is 1.85. The number of halogens is 2. The van der Waals surface area contributed by atoms with Crippen LogP contribution in [0.3, 0.4) is 0 Å². The van der Waals surface area contributed by atoms with Gasteiger partial charge in [0.1, 0.15) is 5.82 Å². The first-order chi connectivity index (χ1) is 7.70. The highest BCUT2D eigenvalue weighted by molar-refractivity contribution is 9.10. The van der Waals surface area contributed by atoms with Crippen LogP contribution in [0.25, 0.3) is 0 Å². The van der Waals surface area contributed by atoms with Crippen molar-refractivity contribution in [3.63, 3.8) is 0 Å². The molecule has 2 rings (SSSR count). The van der Waals surface area contributed by atoms with Crippen molar-refractivity contribution in [3.8, 4) is 0 Å². The SMILES string of the molecule is CCC1COC(c2ccc(F)cc2Br)CN1. The Kier molecular flexibility index (Phi) is 3.95.